The number of benzene rings is 1. The van der Waals surface area contributed by atoms with Gasteiger partial charge in [0.25, 0.3) is 0 Å². The van der Waals surface area contributed by atoms with E-state index in [1.165, 1.54) is 6.07 Å². The van der Waals surface area contributed by atoms with E-state index in [-0.39, 0.29) is 5.82 Å². The van der Waals surface area contributed by atoms with Crippen LogP contribution in [0.25, 0.3) is 5.69 Å². The van der Waals surface area contributed by atoms with Gasteiger partial charge in [-0.25, -0.2) is 9.37 Å². The lowest BCUT2D eigenvalue weighted by atomic mass is 10.1. The molecule has 0 unspecified atom stereocenters. The molecule has 0 spiro atoms. The van der Waals surface area contributed by atoms with Gasteiger partial charge in [0.2, 0.25) is 0 Å². The molecule has 1 N–H and O–H groups in total. The Hall–Kier alpha value is -1.68. The first-order chi connectivity index (χ1) is 7.34. The maximum absolute atomic E-state index is 13.1. The van der Waals surface area contributed by atoms with Crippen LogP contribution in [0.15, 0.2) is 30.7 Å². The molecule has 1 aliphatic rings. The molecular weight excluding hydrogens is 193 g/mol. The van der Waals surface area contributed by atoms with E-state index in [9.17, 15) is 4.39 Å². The van der Waals surface area contributed by atoms with E-state index in [1.54, 1.807) is 18.5 Å². The third kappa shape index (κ3) is 1.34. The van der Waals surface area contributed by atoms with Crippen LogP contribution in [0.1, 0.15) is 11.3 Å². The summed E-state index contributed by atoms with van der Waals surface area (Å²) in [5.41, 5.74) is 3.07. The van der Waals surface area contributed by atoms with Gasteiger partial charge < -0.3 is 9.88 Å². The third-order valence-electron chi connectivity index (χ3n) is 2.64. The van der Waals surface area contributed by atoms with Crippen molar-refractivity contribution in [3.05, 3.63) is 47.8 Å². The second-order valence-electron chi connectivity index (χ2n) is 3.63. The molecule has 2 heterocycles. The Morgan fingerprint density at radius 1 is 1.33 bits per heavy atom. The number of hydrogen-bond donors (Lipinski definition) is 1. The van der Waals surface area contributed by atoms with Crippen LogP contribution in [-0.4, -0.2) is 9.55 Å². The number of fused-ring (bicyclic) bond motifs is 3. The van der Waals surface area contributed by atoms with Crippen LogP contribution in [0.5, 0.6) is 0 Å². The topological polar surface area (TPSA) is 29.9 Å². The molecule has 3 rings (SSSR count). The fourth-order valence-corrected chi connectivity index (χ4v) is 1.93. The second-order valence-corrected chi connectivity index (χ2v) is 3.63. The van der Waals surface area contributed by atoms with Crippen LogP contribution in [0.3, 0.4) is 0 Å². The summed E-state index contributed by atoms with van der Waals surface area (Å²) in [4.78, 5) is 4.10. The van der Waals surface area contributed by atoms with Crippen LogP contribution in [0.2, 0.25) is 0 Å². The van der Waals surface area contributed by atoms with Gasteiger partial charge in [-0.15, -0.1) is 0 Å². The van der Waals surface area contributed by atoms with Crippen molar-refractivity contribution in [2.75, 3.05) is 0 Å². The lowest BCUT2D eigenvalue weighted by molar-refractivity contribution is 0.622. The Labute approximate surface area is 86.6 Å². The quantitative estimate of drug-likeness (QED) is 0.705. The molecule has 0 fully saturated rings. The molecule has 2 aromatic rings. The molecule has 1 aromatic heterocycles. The SMILES string of the molecule is Fc1ccc2c(c1)CNCc1cncn1-2. The van der Waals surface area contributed by atoms with Gasteiger partial charge in [0.15, 0.2) is 0 Å². The first-order valence-electron chi connectivity index (χ1n) is 4.85. The molecule has 0 radical (unpaired) electrons. The lowest BCUT2D eigenvalue weighted by Crippen LogP contribution is -2.10. The number of halogens is 1. The van der Waals surface area contributed by atoms with Crippen LogP contribution in [0, 0.1) is 5.82 Å². The van der Waals surface area contributed by atoms with Gasteiger partial charge in [0.05, 0.1) is 17.7 Å². The number of nitrogens with one attached hydrogen (secondary N) is 1. The highest BCUT2D eigenvalue weighted by atomic mass is 19.1. The van der Waals surface area contributed by atoms with Crippen molar-refractivity contribution in [1.29, 1.82) is 0 Å². The molecule has 0 bridgehead atoms. The molecule has 0 saturated heterocycles. The van der Waals surface area contributed by atoms with Crippen molar-refractivity contribution in [2.24, 2.45) is 0 Å². The van der Waals surface area contributed by atoms with Crippen molar-refractivity contribution in [3.63, 3.8) is 0 Å². The van der Waals surface area contributed by atoms with E-state index in [0.29, 0.717) is 6.54 Å². The fraction of sp³-hybridized carbons (Fsp3) is 0.182. The Morgan fingerprint density at radius 2 is 2.27 bits per heavy atom. The van der Waals surface area contributed by atoms with Gasteiger partial charge in [-0.05, 0) is 23.8 Å². The number of imidazole rings is 1. The third-order valence-corrected chi connectivity index (χ3v) is 2.64. The largest absolute Gasteiger partial charge is 0.307 e. The van der Waals surface area contributed by atoms with Gasteiger partial charge in [-0.1, -0.05) is 0 Å². The summed E-state index contributed by atoms with van der Waals surface area (Å²) in [5.74, 6) is -0.195. The molecule has 3 nitrogen and oxygen atoms in total. The number of nitrogens with zero attached hydrogens (tertiary/aromatic N) is 2. The summed E-state index contributed by atoms with van der Waals surface area (Å²) in [5, 5.41) is 3.25. The van der Waals surface area contributed by atoms with E-state index >= 15 is 0 Å². The van der Waals surface area contributed by atoms with E-state index in [1.807, 2.05) is 10.8 Å². The van der Waals surface area contributed by atoms with Gasteiger partial charge >= 0.3 is 0 Å². The van der Waals surface area contributed by atoms with Crippen LogP contribution < -0.4 is 5.32 Å². The minimum atomic E-state index is -0.195. The highest BCUT2D eigenvalue weighted by molar-refractivity contribution is 5.43. The molecule has 1 aromatic carbocycles. The van der Waals surface area contributed by atoms with Crippen LogP contribution >= 0.6 is 0 Å². The molecule has 4 heteroatoms. The number of aromatic nitrogens is 2. The first kappa shape index (κ1) is 8.61. The standard InChI is InChI=1S/C11H10FN3/c12-9-1-2-11-8(3-9)4-13-5-10-6-14-7-15(10)11/h1-3,6-7,13H,4-5H2. The van der Waals surface area contributed by atoms with E-state index in [2.05, 4.69) is 10.3 Å². The average molecular weight is 203 g/mol. The van der Waals surface area contributed by atoms with E-state index in [0.717, 1.165) is 23.5 Å². The summed E-state index contributed by atoms with van der Waals surface area (Å²) >= 11 is 0. The maximum Gasteiger partial charge on any atom is 0.123 e. The smallest absolute Gasteiger partial charge is 0.123 e. The Morgan fingerprint density at radius 3 is 3.20 bits per heavy atom. The zero-order chi connectivity index (χ0) is 10.3. The summed E-state index contributed by atoms with van der Waals surface area (Å²) in [6.07, 6.45) is 3.59. The lowest BCUT2D eigenvalue weighted by Gasteiger charge is -2.07. The number of hydrogen-bond acceptors (Lipinski definition) is 2. The maximum atomic E-state index is 13.1. The molecule has 0 atom stereocenters. The summed E-state index contributed by atoms with van der Waals surface area (Å²) in [6, 6.07) is 4.84. The average Bonchev–Trinajstić information content (AvgIpc) is 2.61. The highest BCUT2D eigenvalue weighted by Gasteiger charge is 2.13. The Kier molecular flexibility index (Phi) is 1.82. The van der Waals surface area contributed by atoms with E-state index in [4.69, 9.17) is 0 Å². The van der Waals surface area contributed by atoms with Crippen LogP contribution in [0.4, 0.5) is 4.39 Å². The summed E-state index contributed by atoms with van der Waals surface area (Å²) < 4.78 is 15.1. The first-order valence-corrected chi connectivity index (χ1v) is 4.85. The minimum Gasteiger partial charge on any atom is -0.307 e. The minimum absolute atomic E-state index is 0.195. The monoisotopic (exact) mass is 203 g/mol. The fourth-order valence-electron chi connectivity index (χ4n) is 1.93. The predicted octanol–water partition coefficient (Wildman–Crippen LogP) is 1.61. The molecule has 0 aliphatic carbocycles. The van der Waals surface area contributed by atoms with Crippen LogP contribution in [-0.2, 0) is 13.1 Å². The van der Waals surface area contributed by atoms with E-state index < -0.39 is 0 Å². The van der Waals surface area contributed by atoms with Gasteiger partial charge in [0, 0.05) is 19.3 Å². The predicted molar refractivity (Wildman–Crippen MR) is 54.1 cm³/mol. The van der Waals surface area contributed by atoms with Gasteiger partial charge in [0.1, 0.15) is 5.82 Å². The van der Waals surface area contributed by atoms with Gasteiger partial charge in [-0.2, -0.15) is 0 Å². The summed E-state index contributed by atoms with van der Waals surface area (Å²) in [6.45, 7) is 1.45. The van der Waals surface area contributed by atoms with Gasteiger partial charge in [-0.3, -0.25) is 0 Å². The molecule has 1 aliphatic heterocycles. The normalized spacial score (nSPS) is 14.2. The van der Waals surface area contributed by atoms with Crippen molar-refractivity contribution >= 4 is 0 Å². The molecular formula is C11H10FN3. The number of rotatable bonds is 0. The molecule has 0 amide bonds. The molecule has 76 valence electrons. The van der Waals surface area contributed by atoms with Crippen molar-refractivity contribution in [2.45, 2.75) is 13.1 Å². The summed E-state index contributed by atoms with van der Waals surface area (Å²) in [7, 11) is 0. The highest BCUT2D eigenvalue weighted by Crippen LogP contribution is 2.20. The Balaban J connectivity index is 2.25. The Bertz CT molecular complexity index is 504. The zero-order valence-corrected chi connectivity index (χ0v) is 8.07. The molecule has 0 saturated carbocycles. The van der Waals surface area contributed by atoms with Crippen molar-refractivity contribution in [1.82, 2.24) is 14.9 Å². The van der Waals surface area contributed by atoms with Crippen molar-refractivity contribution in [3.8, 4) is 5.69 Å². The second kappa shape index (κ2) is 3.17. The molecule has 15 heavy (non-hydrogen) atoms. The van der Waals surface area contributed by atoms with Crippen molar-refractivity contribution < 1.29 is 4.39 Å². The zero-order valence-electron chi connectivity index (χ0n) is 8.07.